The van der Waals surface area contributed by atoms with Crippen LogP contribution in [0.4, 0.5) is 5.69 Å². The van der Waals surface area contributed by atoms with Crippen LogP contribution < -0.4 is 10.1 Å². The third-order valence-corrected chi connectivity index (χ3v) is 4.89. The fourth-order valence-corrected chi connectivity index (χ4v) is 3.27. The number of halogens is 1. The highest BCUT2D eigenvalue weighted by molar-refractivity contribution is 6.30. The lowest BCUT2D eigenvalue weighted by atomic mass is 9.97. The van der Waals surface area contributed by atoms with Gasteiger partial charge in [0.15, 0.2) is 6.10 Å². The minimum atomic E-state index is -0.905. The van der Waals surface area contributed by atoms with Gasteiger partial charge < -0.3 is 14.8 Å². The van der Waals surface area contributed by atoms with Crippen molar-refractivity contribution >= 4 is 29.2 Å². The highest BCUT2D eigenvalue weighted by Crippen LogP contribution is 2.30. The second-order valence-corrected chi connectivity index (χ2v) is 7.24. The molecule has 0 fully saturated rings. The molecule has 2 aromatic rings. The Hall–Kier alpha value is -2.53. The smallest absolute Gasteiger partial charge is 0.313 e. The minimum Gasteiger partial charge on any atom is -0.492 e. The van der Waals surface area contributed by atoms with Crippen LogP contribution in [0, 0.1) is 19.8 Å². The van der Waals surface area contributed by atoms with E-state index in [2.05, 4.69) is 5.32 Å². The minimum absolute atomic E-state index is 0.221. The molecule has 27 heavy (non-hydrogen) atoms. The molecule has 0 saturated heterocycles. The Morgan fingerprint density at radius 2 is 1.93 bits per heavy atom. The Kier molecular flexibility index (Phi) is 5.71. The molecule has 5 nitrogen and oxygen atoms in total. The maximum Gasteiger partial charge on any atom is 0.313 e. The summed E-state index contributed by atoms with van der Waals surface area (Å²) in [4.78, 5) is 24.9. The molecule has 6 heteroatoms. The topological polar surface area (TPSA) is 64.6 Å². The molecule has 142 valence electrons. The third kappa shape index (κ3) is 4.42. The number of aryl methyl sites for hydroxylation is 2. The summed E-state index contributed by atoms with van der Waals surface area (Å²) in [6, 6.07) is 11.1. The van der Waals surface area contributed by atoms with Gasteiger partial charge >= 0.3 is 5.97 Å². The first-order chi connectivity index (χ1) is 12.8. The first-order valence-electron chi connectivity index (χ1n) is 8.84. The van der Waals surface area contributed by atoms with Crippen LogP contribution in [0.5, 0.6) is 5.75 Å². The van der Waals surface area contributed by atoms with Crippen molar-refractivity contribution in [3.8, 4) is 5.75 Å². The number of rotatable bonds is 4. The summed E-state index contributed by atoms with van der Waals surface area (Å²) in [5.41, 5.74) is 3.52. The number of hydrogen-bond donors (Lipinski definition) is 1. The summed E-state index contributed by atoms with van der Waals surface area (Å²) in [7, 11) is 0. The van der Waals surface area contributed by atoms with Gasteiger partial charge in [0.1, 0.15) is 12.4 Å². The maximum atomic E-state index is 12.5. The summed E-state index contributed by atoms with van der Waals surface area (Å²) in [6.07, 6.45) is -0.433. The predicted molar refractivity (Wildman–Crippen MR) is 104 cm³/mol. The van der Waals surface area contributed by atoms with E-state index in [1.165, 1.54) is 0 Å². The van der Waals surface area contributed by atoms with Gasteiger partial charge in [-0.25, -0.2) is 0 Å². The Bertz CT molecular complexity index is 860. The molecule has 0 spiro atoms. The fraction of sp³-hybridized carbons (Fsp3) is 0.333. The van der Waals surface area contributed by atoms with E-state index < -0.39 is 18.0 Å². The molecule has 0 unspecified atom stereocenters. The van der Waals surface area contributed by atoms with Gasteiger partial charge in [-0.05, 0) is 62.1 Å². The zero-order valence-electron chi connectivity index (χ0n) is 15.5. The number of fused-ring (bicyclic) bond motifs is 1. The highest BCUT2D eigenvalue weighted by atomic mass is 35.5. The summed E-state index contributed by atoms with van der Waals surface area (Å²) in [5, 5.41) is 3.44. The monoisotopic (exact) mass is 387 g/mol. The Morgan fingerprint density at radius 3 is 2.63 bits per heavy atom. The van der Waals surface area contributed by atoms with Gasteiger partial charge in [0.05, 0.1) is 5.92 Å². The van der Waals surface area contributed by atoms with Crippen molar-refractivity contribution in [2.24, 2.45) is 5.92 Å². The lowest BCUT2D eigenvalue weighted by Crippen LogP contribution is -2.36. The van der Waals surface area contributed by atoms with Gasteiger partial charge in [-0.3, -0.25) is 9.59 Å². The van der Waals surface area contributed by atoms with Crippen LogP contribution in [0.15, 0.2) is 36.4 Å². The van der Waals surface area contributed by atoms with Crippen molar-refractivity contribution in [2.75, 3.05) is 11.9 Å². The van der Waals surface area contributed by atoms with E-state index in [4.69, 9.17) is 21.1 Å². The molecule has 0 radical (unpaired) electrons. The molecule has 1 aliphatic rings. The van der Waals surface area contributed by atoms with Crippen molar-refractivity contribution in [3.63, 3.8) is 0 Å². The molecule has 0 aromatic heterocycles. The van der Waals surface area contributed by atoms with E-state index in [0.29, 0.717) is 11.4 Å². The summed E-state index contributed by atoms with van der Waals surface area (Å²) in [6.45, 7) is 5.62. The number of benzene rings is 2. The zero-order chi connectivity index (χ0) is 19.6. The number of amides is 1. The van der Waals surface area contributed by atoms with Crippen molar-refractivity contribution in [2.45, 2.75) is 33.3 Å². The van der Waals surface area contributed by atoms with E-state index >= 15 is 0 Å². The molecular formula is C21H22ClNO4. The fourth-order valence-electron chi connectivity index (χ4n) is 3.07. The number of carbonyl (C=O) groups excluding carboxylic acids is 2. The molecule has 1 amide bonds. The first kappa shape index (κ1) is 19.2. The van der Waals surface area contributed by atoms with Crippen LogP contribution in [0.25, 0.3) is 0 Å². The second-order valence-electron chi connectivity index (χ2n) is 6.80. The molecule has 2 atom stereocenters. The number of hydrogen-bond acceptors (Lipinski definition) is 4. The molecule has 0 aliphatic carbocycles. The molecule has 0 saturated carbocycles. The normalized spacial score (nSPS) is 16.7. The van der Waals surface area contributed by atoms with Crippen LogP contribution in [-0.2, 0) is 20.7 Å². The van der Waals surface area contributed by atoms with E-state index in [-0.39, 0.29) is 12.5 Å². The molecule has 0 bridgehead atoms. The summed E-state index contributed by atoms with van der Waals surface area (Å²) < 4.78 is 11.0. The van der Waals surface area contributed by atoms with E-state index in [1.54, 1.807) is 25.1 Å². The molecule has 1 aliphatic heterocycles. The largest absolute Gasteiger partial charge is 0.492 e. The van der Waals surface area contributed by atoms with Gasteiger partial charge in [-0.15, -0.1) is 0 Å². The molecule has 3 rings (SSSR count). The Labute approximate surface area is 163 Å². The molecule has 2 aromatic carbocycles. The van der Waals surface area contributed by atoms with Crippen LogP contribution >= 0.6 is 11.6 Å². The molecule has 1 heterocycles. The summed E-state index contributed by atoms with van der Waals surface area (Å²) >= 11 is 6.01. The summed E-state index contributed by atoms with van der Waals surface area (Å²) in [5.74, 6) is -0.554. The van der Waals surface area contributed by atoms with Crippen LogP contribution in [0.3, 0.4) is 0 Å². The number of ether oxygens (including phenoxy) is 2. The van der Waals surface area contributed by atoms with Crippen molar-refractivity contribution in [3.05, 3.63) is 58.1 Å². The lowest BCUT2D eigenvalue weighted by molar-refractivity contribution is -0.158. The third-order valence-electron chi connectivity index (χ3n) is 4.65. The Morgan fingerprint density at radius 1 is 1.22 bits per heavy atom. The van der Waals surface area contributed by atoms with Gasteiger partial charge in [-0.2, -0.15) is 0 Å². The average molecular weight is 388 g/mol. The average Bonchev–Trinajstić information content (AvgIpc) is 2.63. The number of nitrogens with one attached hydrogen (secondary N) is 1. The SMILES string of the molecule is Cc1cccc(C)c1NC(=O)[C@@H](C)OC(=O)[C@H]1COc2ccc(Cl)cc2C1. The standard InChI is InChI=1S/C21H22ClNO4/c1-12-5-4-6-13(2)19(12)23-20(24)14(3)27-21(25)16-9-15-10-17(22)7-8-18(15)26-11-16/h4-8,10,14,16H,9,11H2,1-3H3,(H,23,24)/t14-,16-/m1/s1. The number of anilines is 1. The van der Waals surface area contributed by atoms with E-state index in [9.17, 15) is 9.59 Å². The predicted octanol–water partition coefficient (Wildman–Crippen LogP) is 4.08. The molecular weight excluding hydrogens is 366 g/mol. The molecule has 1 N–H and O–H groups in total. The van der Waals surface area contributed by atoms with Crippen molar-refractivity contribution < 1.29 is 19.1 Å². The maximum absolute atomic E-state index is 12.5. The van der Waals surface area contributed by atoms with E-state index in [1.807, 2.05) is 32.0 Å². The lowest BCUT2D eigenvalue weighted by Gasteiger charge is -2.25. The zero-order valence-corrected chi connectivity index (χ0v) is 16.3. The van der Waals surface area contributed by atoms with Crippen molar-refractivity contribution in [1.29, 1.82) is 0 Å². The van der Waals surface area contributed by atoms with Gasteiger partial charge in [-0.1, -0.05) is 29.8 Å². The number of esters is 1. The van der Waals surface area contributed by atoms with Crippen LogP contribution in [0.1, 0.15) is 23.6 Å². The number of carbonyl (C=O) groups is 2. The van der Waals surface area contributed by atoms with Gasteiger partial charge in [0.25, 0.3) is 5.91 Å². The van der Waals surface area contributed by atoms with Gasteiger partial charge in [0.2, 0.25) is 0 Å². The Balaban J connectivity index is 1.61. The van der Waals surface area contributed by atoms with Crippen LogP contribution in [0.2, 0.25) is 5.02 Å². The highest BCUT2D eigenvalue weighted by Gasteiger charge is 2.30. The van der Waals surface area contributed by atoms with Gasteiger partial charge in [0, 0.05) is 10.7 Å². The quantitative estimate of drug-likeness (QED) is 0.803. The number of para-hydroxylation sites is 1. The van der Waals surface area contributed by atoms with E-state index in [0.717, 1.165) is 28.1 Å². The first-order valence-corrected chi connectivity index (χ1v) is 9.21. The second kappa shape index (κ2) is 8.01. The van der Waals surface area contributed by atoms with Crippen molar-refractivity contribution in [1.82, 2.24) is 0 Å². The van der Waals surface area contributed by atoms with Crippen LogP contribution in [-0.4, -0.2) is 24.6 Å².